The second kappa shape index (κ2) is 12.2. The maximum Gasteiger partial charge on any atom is 1.00 e. The number of ether oxygens (including phenoxy) is 1. The van der Waals surface area contributed by atoms with Crippen LogP contribution in [0.3, 0.4) is 0 Å². The molecular weight excluding hydrogens is 225 g/mol. The molecule has 64 valence electrons. The number of amides is 1. The van der Waals surface area contributed by atoms with Crippen LogP contribution in [-0.4, -0.2) is 19.0 Å². The average molecular weight is 234 g/mol. The summed E-state index contributed by atoms with van der Waals surface area (Å²) < 4.78 is 5.05. The summed E-state index contributed by atoms with van der Waals surface area (Å²) in [5.74, 6) is 1.20. The molecule has 0 fully saturated rings. The fourth-order valence-corrected chi connectivity index (χ4v) is 1.91. The van der Waals surface area contributed by atoms with Gasteiger partial charge in [0.15, 0.2) is 0 Å². The van der Waals surface area contributed by atoms with E-state index in [9.17, 15) is 4.79 Å². The molecule has 0 atom stereocenters. The number of rotatable bonds is 0. The number of nitrogens with two attached hydrogens (primary N) is 1. The molecule has 0 unspecified atom stereocenters. The Hall–Kier alpha value is 1.22. The van der Waals surface area contributed by atoms with Gasteiger partial charge in [-0.3, -0.25) is 0 Å². The SMILES string of the molecule is C1=CSSC1.COC(=O)[NH2+][S-].[Na+]. The van der Waals surface area contributed by atoms with Crippen molar-refractivity contribution >= 4 is 40.5 Å². The van der Waals surface area contributed by atoms with Crippen molar-refractivity contribution in [1.29, 1.82) is 0 Å². The molecule has 0 aromatic rings. The second-order valence-electron chi connectivity index (χ2n) is 1.39. The molecule has 1 heterocycles. The summed E-state index contributed by atoms with van der Waals surface area (Å²) in [6, 6.07) is 0. The van der Waals surface area contributed by atoms with Crippen LogP contribution in [0.1, 0.15) is 0 Å². The minimum absolute atomic E-state index is 0. The van der Waals surface area contributed by atoms with Gasteiger partial charge in [0.05, 0.1) is 7.11 Å². The van der Waals surface area contributed by atoms with Crippen molar-refractivity contribution in [2.24, 2.45) is 0 Å². The van der Waals surface area contributed by atoms with Crippen LogP contribution in [0.5, 0.6) is 0 Å². The summed E-state index contributed by atoms with van der Waals surface area (Å²) in [7, 11) is 4.97. The van der Waals surface area contributed by atoms with Crippen LogP contribution in [0.2, 0.25) is 0 Å². The summed E-state index contributed by atoms with van der Waals surface area (Å²) in [6.07, 6.45) is 1.69. The Labute approximate surface area is 108 Å². The number of methoxy groups -OCH3 is 1. The molecule has 0 aromatic carbocycles. The van der Waals surface area contributed by atoms with Gasteiger partial charge in [-0.25, -0.2) is 0 Å². The van der Waals surface area contributed by atoms with Crippen molar-refractivity contribution in [2.45, 2.75) is 0 Å². The van der Waals surface area contributed by atoms with Gasteiger partial charge in [-0.2, -0.15) is 4.79 Å². The molecule has 0 aromatic heterocycles. The van der Waals surface area contributed by atoms with Gasteiger partial charge < -0.3 is 22.3 Å². The number of carbonyl (C=O) groups is 1. The van der Waals surface area contributed by atoms with E-state index in [4.69, 9.17) is 0 Å². The molecule has 1 aliphatic rings. The first kappa shape index (κ1) is 15.7. The molecule has 0 spiro atoms. The van der Waals surface area contributed by atoms with Gasteiger partial charge in [-0.05, 0) is 5.41 Å². The van der Waals surface area contributed by atoms with Crippen LogP contribution in [-0.2, 0) is 17.6 Å². The normalized spacial score (nSPS) is 12.5. The minimum Gasteiger partial charge on any atom is -0.485 e. The summed E-state index contributed by atoms with van der Waals surface area (Å²) in [4.78, 5) is 9.80. The molecule has 12 heavy (non-hydrogen) atoms. The van der Waals surface area contributed by atoms with E-state index in [1.54, 1.807) is 0 Å². The third-order valence-electron chi connectivity index (χ3n) is 0.681. The number of hydrogen-bond acceptors (Lipinski definition) is 5. The molecule has 7 heteroatoms. The third-order valence-corrected chi connectivity index (χ3v) is 2.79. The Bertz CT molecular complexity index is 133. The third kappa shape index (κ3) is 11.2. The predicted molar refractivity (Wildman–Crippen MR) is 50.9 cm³/mol. The Balaban J connectivity index is 0. The first-order valence-electron chi connectivity index (χ1n) is 2.77. The molecule has 0 bridgehead atoms. The van der Waals surface area contributed by atoms with Gasteiger partial charge in [0.25, 0.3) is 0 Å². The summed E-state index contributed by atoms with van der Waals surface area (Å²) in [5.41, 5.74) is 0. The van der Waals surface area contributed by atoms with Crippen LogP contribution < -0.4 is 34.3 Å². The van der Waals surface area contributed by atoms with Crippen molar-refractivity contribution in [3.05, 3.63) is 11.5 Å². The predicted octanol–water partition coefficient (Wildman–Crippen LogP) is -2.32. The van der Waals surface area contributed by atoms with Crippen LogP contribution in [0.25, 0.3) is 0 Å². The number of quaternary nitrogens is 1. The molecule has 2 N–H and O–H groups in total. The van der Waals surface area contributed by atoms with Crippen LogP contribution in [0.15, 0.2) is 11.5 Å². The van der Waals surface area contributed by atoms with E-state index in [-0.39, 0.29) is 29.6 Å². The summed E-state index contributed by atoms with van der Waals surface area (Å²) in [5, 5.41) is 2.12. The van der Waals surface area contributed by atoms with E-state index in [2.05, 4.69) is 29.0 Å². The average Bonchev–Trinajstić information content (AvgIpc) is 2.60. The van der Waals surface area contributed by atoms with Crippen LogP contribution >= 0.6 is 21.6 Å². The van der Waals surface area contributed by atoms with Crippen molar-refractivity contribution in [2.75, 3.05) is 12.9 Å². The van der Waals surface area contributed by atoms with Crippen molar-refractivity contribution < 1.29 is 43.8 Å². The largest absolute Gasteiger partial charge is 1.00 e. The Kier molecular flexibility index (Phi) is 16.0. The van der Waals surface area contributed by atoms with E-state index in [0.29, 0.717) is 0 Å². The quantitative estimate of drug-likeness (QED) is 0.289. The number of primary amides is 1. The molecule has 0 aliphatic carbocycles. The monoisotopic (exact) mass is 234 g/mol. The fraction of sp³-hybridized carbons (Fsp3) is 0.400. The zero-order chi connectivity index (χ0) is 8.53. The van der Waals surface area contributed by atoms with Gasteiger partial charge in [-0.15, -0.1) is 0 Å². The first-order valence-corrected chi connectivity index (χ1v) is 5.63. The van der Waals surface area contributed by atoms with E-state index in [1.165, 1.54) is 12.9 Å². The first-order chi connectivity index (χ1) is 5.31. The van der Waals surface area contributed by atoms with E-state index in [1.807, 2.05) is 21.6 Å². The maximum atomic E-state index is 9.80. The standard InChI is InChI=1S/C3H4S2.C2H5NO2S.Na/c1-2-4-5-3-1;1-5-2(4)3-6;/h1-2H,3H2;3H2,1H3;/q;;+1. The molecular formula is C5H9NNaO2S3+. The van der Waals surface area contributed by atoms with Gasteiger partial charge in [-0.1, -0.05) is 27.7 Å². The van der Waals surface area contributed by atoms with Crippen molar-refractivity contribution in [3.8, 4) is 0 Å². The fourth-order valence-electron chi connectivity index (χ4n) is 0.245. The van der Waals surface area contributed by atoms with Crippen molar-refractivity contribution in [3.63, 3.8) is 0 Å². The van der Waals surface area contributed by atoms with Crippen molar-refractivity contribution in [1.82, 2.24) is 0 Å². The zero-order valence-corrected chi connectivity index (χ0v) is 11.4. The maximum absolute atomic E-state index is 9.80. The molecule has 1 rings (SSSR count). The van der Waals surface area contributed by atoms with Gasteiger partial charge in [0, 0.05) is 5.75 Å². The van der Waals surface area contributed by atoms with E-state index >= 15 is 0 Å². The van der Waals surface area contributed by atoms with Gasteiger partial charge in [0.1, 0.15) is 0 Å². The Morgan fingerprint density at radius 3 is 2.50 bits per heavy atom. The van der Waals surface area contributed by atoms with Gasteiger partial charge >= 0.3 is 35.7 Å². The molecule has 1 aliphatic heterocycles. The van der Waals surface area contributed by atoms with Crippen LogP contribution in [0, 0.1) is 0 Å². The zero-order valence-electron chi connectivity index (χ0n) is 6.98. The Morgan fingerprint density at radius 1 is 1.75 bits per heavy atom. The second-order valence-corrected chi connectivity index (χ2v) is 3.95. The summed E-state index contributed by atoms with van der Waals surface area (Å²) >= 11 is 4.17. The minimum atomic E-state index is -0.468. The molecule has 0 saturated carbocycles. The summed E-state index contributed by atoms with van der Waals surface area (Å²) in [6.45, 7) is 0. The Morgan fingerprint density at radius 2 is 2.42 bits per heavy atom. The van der Waals surface area contributed by atoms with E-state index < -0.39 is 6.09 Å². The number of carbonyl (C=O) groups excluding carboxylic acids is 1. The molecule has 0 radical (unpaired) electrons. The molecule has 0 saturated heterocycles. The smallest absolute Gasteiger partial charge is 0.485 e. The number of hydrogen-bond donors (Lipinski definition) is 1. The van der Waals surface area contributed by atoms with Gasteiger partial charge in [0.2, 0.25) is 0 Å². The molecule has 3 nitrogen and oxygen atoms in total. The topological polar surface area (TPSA) is 42.9 Å². The van der Waals surface area contributed by atoms with E-state index in [0.717, 1.165) is 4.72 Å². The molecule has 1 amide bonds. The van der Waals surface area contributed by atoms with Crippen LogP contribution in [0.4, 0.5) is 4.79 Å².